The minimum atomic E-state index is -0.956. The maximum atomic E-state index is 14.2. The van der Waals surface area contributed by atoms with Gasteiger partial charge in [0, 0.05) is 40.8 Å². The van der Waals surface area contributed by atoms with Gasteiger partial charge in [0.05, 0.1) is 0 Å². The zero-order valence-corrected chi connectivity index (χ0v) is 15.0. The second-order valence-corrected chi connectivity index (χ2v) is 6.50. The summed E-state index contributed by atoms with van der Waals surface area (Å²) < 4.78 is 32.7. The fraction of sp³-hybridized carbons (Fsp3) is 0.0909. The van der Waals surface area contributed by atoms with E-state index in [1.54, 1.807) is 36.7 Å². The van der Waals surface area contributed by atoms with Crippen molar-refractivity contribution in [1.29, 1.82) is 0 Å². The van der Waals surface area contributed by atoms with E-state index in [9.17, 15) is 13.6 Å². The normalized spacial score (nSPS) is 17.8. The fourth-order valence-electron chi connectivity index (χ4n) is 3.11. The lowest BCUT2D eigenvalue weighted by molar-refractivity contribution is 0.130. The number of aromatic nitrogens is 1. The van der Waals surface area contributed by atoms with E-state index in [1.807, 2.05) is 6.07 Å². The molecule has 0 aliphatic carbocycles. The van der Waals surface area contributed by atoms with Crippen LogP contribution in [0.25, 0.3) is 0 Å². The second-order valence-electron chi connectivity index (χ2n) is 6.50. The van der Waals surface area contributed by atoms with Gasteiger partial charge in [0.25, 0.3) is 0 Å². The molecular weight excluding hydrogens is 376 g/mol. The van der Waals surface area contributed by atoms with Crippen molar-refractivity contribution in [2.24, 2.45) is 0 Å². The van der Waals surface area contributed by atoms with E-state index >= 15 is 0 Å². The molecule has 1 aromatic heterocycles. The molecular formula is C22H15F2N3O2. The Morgan fingerprint density at radius 3 is 2.66 bits per heavy atom. The maximum absolute atomic E-state index is 14.2. The van der Waals surface area contributed by atoms with Gasteiger partial charge in [0.15, 0.2) is 6.10 Å². The van der Waals surface area contributed by atoms with Gasteiger partial charge < -0.3 is 15.8 Å². The monoisotopic (exact) mass is 391 g/mol. The smallest absolute Gasteiger partial charge is 0.408 e. The predicted molar refractivity (Wildman–Crippen MR) is 103 cm³/mol. The summed E-state index contributed by atoms with van der Waals surface area (Å²) >= 11 is 0. The number of amides is 1. The van der Waals surface area contributed by atoms with E-state index in [4.69, 9.17) is 10.5 Å². The topological polar surface area (TPSA) is 77.2 Å². The summed E-state index contributed by atoms with van der Waals surface area (Å²) in [6.45, 7) is 0. The van der Waals surface area contributed by atoms with Crippen LogP contribution in [0.1, 0.15) is 34.4 Å². The van der Waals surface area contributed by atoms with Crippen molar-refractivity contribution >= 4 is 11.8 Å². The summed E-state index contributed by atoms with van der Waals surface area (Å²) in [4.78, 5) is 16.0. The minimum absolute atomic E-state index is 0.0750. The largest absolute Gasteiger partial charge is 0.439 e. The third-order valence-corrected chi connectivity index (χ3v) is 4.44. The number of anilines is 1. The van der Waals surface area contributed by atoms with Gasteiger partial charge in [-0.2, -0.15) is 0 Å². The summed E-state index contributed by atoms with van der Waals surface area (Å²) in [5.74, 6) is 4.49. The van der Waals surface area contributed by atoms with E-state index < -0.39 is 29.9 Å². The first-order valence-corrected chi connectivity index (χ1v) is 8.74. The molecule has 1 aliphatic heterocycles. The SMILES string of the molecule is Nc1cccc(C#Cc2cncc([C@H]3NC(=O)O[C@@H]3c3ccc(F)cc3F)c2)c1. The predicted octanol–water partition coefficient (Wildman–Crippen LogP) is 3.86. The Bertz CT molecular complexity index is 1150. The van der Waals surface area contributed by atoms with Crippen molar-refractivity contribution in [1.82, 2.24) is 10.3 Å². The van der Waals surface area contributed by atoms with Crippen molar-refractivity contribution in [3.8, 4) is 11.8 Å². The zero-order chi connectivity index (χ0) is 20.4. The Hall–Kier alpha value is -3.92. The molecule has 4 rings (SSSR count). The summed E-state index contributed by atoms with van der Waals surface area (Å²) in [5.41, 5.74) is 8.37. The van der Waals surface area contributed by atoms with Crippen LogP contribution in [0.15, 0.2) is 60.9 Å². The van der Waals surface area contributed by atoms with E-state index in [0.29, 0.717) is 16.8 Å². The number of cyclic esters (lactones) is 1. The average Bonchev–Trinajstić information content (AvgIpc) is 3.08. The average molecular weight is 391 g/mol. The number of ether oxygens (including phenoxy) is 1. The molecule has 3 aromatic rings. The number of carbonyl (C=O) groups excluding carboxylic acids is 1. The third-order valence-electron chi connectivity index (χ3n) is 4.44. The number of pyridine rings is 1. The van der Waals surface area contributed by atoms with Gasteiger partial charge >= 0.3 is 6.09 Å². The van der Waals surface area contributed by atoms with Gasteiger partial charge in [0.1, 0.15) is 17.7 Å². The van der Waals surface area contributed by atoms with Crippen molar-refractivity contribution in [2.45, 2.75) is 12.1 Å². The van der Waals surface area contributed by atoms with Crippen LogP contribution in [0, 0.1) is 23.5 Å². The summed E-state index contributed by atoms with van der Waals surface area (Å²) in [7, 11) is 0. The highest BCUT2D eigenvalue weighted by Crippen LogP contribution is 2.37. The number of carbonyl (C=O) groups is 1. The number of nitrogens with zero attached hydrogens (tertiary/aromatic N) is 1. The Morgan fingerprint density at radius 1 is 1.03 bits per heavy atom. The first-order chi connectivity index (χ1) is 14.0. The summed E-state index contributed by atoms with van der Waals surface area (Å²) in [6.07, 6.45) is 1.47. The molecule has 5 nitrogen and oxygen atoms in total. The Morgan fingerprint density at radius 2 is 1.86 bits per heavy atom. The van der Waals surface area contributed by atoms with Crippen LogP contribution < -0.4 is 11.1 Å². The van der Waals surface area contributed by atoms with Gasteiger partial charge in [0.2, 0.25) is 0 Å². The number of rotatable bonds is 2. The molecule has 0 spiro atoms. The second kappa shape index (κ2) is 7.60. The van der Waals surface area contributed by atoms with Crippen LogP contribution in [-0.2, 0) is 4.74 Å². The summed E-state index contributed by atoms with van der Waals surface area (Å²) in [6, 6.07) is 11.3. The molecule has 2 aromatic carbocycles. The van der Waals surface area contributed by atoms with Crippen LogP contribution in [0.5, 0.6) is 0 Å². The maximum Gasteiger partial charge on any atom is 0.408 e. The number of nitrogens with one attached hydrogen (secondary N) is 1. The van der Waals surface area contributed by atoms with Crippen LogP contribution in [-0.4, -0.2) is 11.1 Å². The van der Waals surface area contributed by atoms with Crippen molar-refractivity contribution in [3.05, 3.63) is 94.8 Å². The number of halogens is 2. The molecule has 0 radical (unpaired) electrons. The minimum Gasteiger partial charge on any atom is -0.439 e. The molecule has 2 atom stereocenters. The summed E-state index contributed by atoms with van der Waals surface area (Å²) in [5, 5.41) is 2.64. The van der Waals surface area contributed by atoms with Crippen LogP contribution >= 0.6 is 0 Å². The van der Waals surface area contributed by atoms with E-state index in [1.165, 1.54) is 6.07 Å². The highest BCUT2D eigenvalue weighted by molar-refractivity contribution is 5.71. The molecule has 7 heteroatoms. The Labute approximate surface area is 165 Å². The molecule has 29 heavy (non-hydrogen) atoms. The van der Waals surface area contributed by atoms with Crippen molar-refractivity contribution in [2.75, 3.05) is 5.73 Å². The molecule has 1 saturated heterocycles. The quantitative estimate of drug-likeness (QED) is 0.514. The lowest BCUT2D eigenvalue weighted by Gasteiger charge is -2.18. The van der Waals surface area contributed by atoms with E-state index in [-0.39, 0.29) is 5.56 Å². The van der Waals surface area contributed by atoms with Gasteiger partial charge in [-0.05, 0) is 42.0 Å². The van der Waals surface area contributed by atoms with Gasteiger partial charge in [-0.25, -0.2) is 13.6 Å². The fourth-order valence-corrected chi connectivity index (χ4v) is 3.11. The number of hydrogen-bond donors (Lipinski definition) is 2. The Kier molecular flexibility index (Phi) is 4.83. The first-order valence-electron chi connectivity index (χ1n) is 8.74. The molecule has 0 unspecified atom stereocenters. The number of nitrogen functional groups attached to an aromatic ring is 1. The van der Waals surface area contributed by atoms with E-state index in [0.717, 1.165) is 17.7 Å². The van der Waals surface area contributed by atoms with Gasteiger partial charge in [-0.1, -0.05) is 17.9 Å². The lowest BCUT2D eigenvalue weighted by atomic mass is 9.96. The molecule has 3 N–H and O–H groups in total. The lowest BCUT2D eigenvalue weighted by Crippen LogP contribution is -2.20. The van der Waals surface area contributed by atoms with E-state index in [2.05, 4.69) is 22.1 Å². The number of alkyl carbamates (subject to hydrolysis) is 1. The van der Waals surface area contributed by atoms with Crippen LogP contribution in [0.2, 0.25) is 0 Å². The molecule has 1 aliphatic rings. The number of hydrogen-bond acceptors (Lipinski definition) is 4. The van der Waals surface area contributed by atoms with Crippen LogP contribution in [0.3, 0.4) is 0 Å². The third kappa shape index (κ3) is 4.01. The van der Waals surface area contributed by atoms with Crippen LogP contribution in [0.4, 0.5) is 19.3 Å². The molecule has 144 valence electrons. The standard InChI is InChI=1S/C22H15F2N3O2/c23-16-6-7-18(19(24)10-16)21-20(27-22(28)29-21)15-8-14(11-26-12-15)5-4-13-2-1-3-17(25)9-13/h1-3,6-12,20-21H,25H2,(H,27,28)/t20-,21-/m1/s1. The zero-order valence-electron chi connectivity index (χ0n) is 15.0. The van der Waals surface area contributed by atoms with Gasteiger partial charge in [-0.3, -0.25) is 4.98 Å². The molecule has 1 amide bonds. The number of nitrogens with two attached hydrogens (primary N) is 1. The van der Waals surface area contributed by atoms with Crippen molar-refractivity contribution < 1.29 is 18.3 Å². The highest BCUT2D eigenvalue weighted by atomic mass is 19.1. The highest BCUT2D eigenvalue weighted by Gasteiger charge is 2.38. The van der Waals surface area contributed by atoms with Crippen molar-refractivity contribution in [3.63, 3.8) is 0 Å². The number of benzene rings is 2. The molecule has 2 heterocycles. The Balaban J connectivity index is 1.65. The molecule has 0 saturated carbocycles. The van der Waals surface area contributed by atoms with Gasteiger partial charge in [-0.15, -0.1) is 0 Å². The molecule has 1 fully saturated rings. The first kappa shape index (κ1) is 18.4. The molecule has 0 bridgehead atoms.